The molecule has 4 rings (SSSR count). The number of thioether (sulfide) groups is 1. The Hall–Kier alpha value is -2.83. The maximum absolute atomic E-state index is 14.7. The van der Waals surface area contributed by atoms with Gasteiger partial charge in [-0.1, -0.05) is 73.0 Å². The second-order valence-corrected chi connectivity index (χ2v) is 11.0. The molecule has 0 unspecified atom stereocenters. The van der Waals surface area contributed by atoms with Crippen LogP contribution in [0, 0.1) is 5.82 Å². The van der Waals surface area contributed by atoms with E-state index >= 15 is 0 Å². The van der Waals surface area contributed by atoms with Crippen LogP contribution >= 0.6 is 23.4 Å². The Morgan fingerprint density at radius 3 is 2.35 bits per heavy atom. The third kappa shape index (κ3) is 8.08. The highest BCUT2D eigenvalue weighted by Crippen LogP contribution is 2.24. The zero-order valence-corrected chi connectivity index (χ0v) is 22.3. The van der Waals surface area contributed by atoms with Gasteiger partial charge in [-0.25, -0.2) is 4.39 Å². The quantitative estimate of drug-likeness (QED) is 0.278. The number of benzene rings is 3. The van der Waals surface area contributed by atoms with Crippen molar-refractivity contribution in [3.05, 3.63) is 101 Å². The average molecular weight is 539 g/mol. The van der Waals surface area contributed by atoms with Gasteiger partial charge < -0.3 is 10.2 Å². The molecule has 1 fully saturated rings. The number of hydrogen-bond donors (Lipinski definition) is 1. The summed E-state index contributed by atoms with van der Waals surface area (Å²) in [6, 6.07) is 23.0. The van der Waals surface area contributed by atoms with Crippen LogP contribution in [0.5, 0.6) is 0 Å². The van der Waals surface area contributed by atoms with Crippen LogP contribution in [0.4, 0.5) is 4.39 Å². The second-order valence-electron chi connectivity index (χ2n) is 9.36. The van der Waals surface area contributed by atoms with Gasteiger partial charge in [-0.2, -0.15) is 0 Å². The molecule has 0 spiro atoms. The van der Waals surface area contributed by atoms with E-state index in [9.17, 15) is 14.0 Å². The molecule has 3 aromatic rings. The number of amides is 2. The molecule has 0 bridgehead atoms. The van der Waals surface area contributed by atoms with Gasteiger partial charge in [0.05, 0.1) is 0 Å². The molecule has 7 heteroatoms. The van der Waals surface area contributed by atoms with E-state index in [4.69, 9.17) is 11.6 Å². The van der Waals surface area contributed by atoms with E-state index in [1.54, 1.807) is 34.9 Å². The molecule has 4 nitrogen and oxygen atoms in total. The molecular formula is C30H32ClFN2O2S. The minimum absolute atomic E-state index is 0.0344. The van der Waals surface area contributed by atoms with Crippen molar-refractivity contribution >= 4 is 35.2 Å². The summed E-state index contributed by atoms with van der Waals surface area (Å²) in [4.78, 5) is 29.9. The second kappa shape index (κ2) is 13.6. The lowest BCUT2D eigenvalue weighted by atomic mass is 10.0. The Morgan fingerprint density at radius 1 is 0.973 bits per heavy atom. The van der Waals surface area contributed by atoms with Crippen molar-refractivity contribution in [2.24, 2.45) is 0 Å². The number of rotatable bonds is 11. The Balaban J connectivity index is 1.56. The predicted molar refractivity (Wildman–Crippen MR) is 148 cm³/mol. The maximum atomic E-state index is 14.7. The normalized spacial score (nSPS) is 14.3. The minimum atomic E-state index is -0.740. The fourth-order valence-electron chi connectivity index (χ4n) is 4.66. The molecule has 2 amide bonds. The van der Waals surface area contributed by atoms with E-state index in [-0.39, 0.29) is 36.6 Å². The number of hydrogen-bond acceptors (Lipinski definition) is 3. The van der Waals surface area contributed by atoms with Crippen molar-refractivity contribution in [3.63, 3.8) is 0 Å². The van der Waals surface area contributed by atoms with Gasteiger partial charge in [0.2, 0.25) is 11.8 Å². The van der Waals surface area contributed by atoms with Crippen molar-refractivity contribution in [2.75, 3.05) is 5.75 Å². The summed E-state index contributed by atoms with van der Waals surface area (Å²) in [5.74, 6) is -0.195. The molecule has 0 aromatic heterocycles. The Labute approximate surface area is 227 Å². The van der Waals surface area contributed by atoms with Crippen LogP contribution in [0.3, 0.4) is 0 Å². The van der Waals surface area contributed by atoms with Gasteiger partial charge in [0.15, 0.2) is 0 Å². The van der Waals surface area contributed by atoms with E-state index < -0.39 is 6.04 Å². The average Bonchev–Trinajstić information content (AvgIpc) is 3.42. The van der Waals surface area contributed by atoms with Crippen molar-refractivity contribution in [1.82, 2.24) is 10.2 Å². The molecule has 0 saturated heterocycles. The van der Waals surface area contributed by atoms with E-state index in [2.05, 4.69) is 5.32 Å². The first-order valence-electron chi connectivity index (χ1n) is 12.7. The van der Waals surface area contributed by atoms with Crippen LogP contribution in [0.15, 0.2) is 83.8 Å². The molecule has 1 N–H and O–H groups in total. The summed E-state index contributed by atoms with van der Waals surface area (Å²) in [6.45, 7) is 0.0344. The molecule has 1 atom stereocenters. The molecule has 1 saturated carbocycles. The van der Waals surface area contributed by atoms with E-state index in [0.29, 0.717) is 22.8 Å². The Morgan fingerprint density at radius 2 is 1.65 bits per heavy atom. The number of carbonyl (C=O) groups excluding carboxylic acids is 2. The molecule has 0 radical (unpaired) electrons. The molecule has 1 aliphatic carbocycles. The first-order chi connectivity index (χ1) is 18.0. The number of nitrogens with one attached hydrogen (secondary N) is 1. The van der Waals surface area contributed by atoms with Crippen LogP contribution < -0.4 is 5.32 Å². The first kappa shape index (κ1) is 27.2. The Kier molecular flexibility index (Phi) is 10.0. The van der Waals surface area contributed by atoms with Gasteiger partial charge in [-0.05, 0) is 48.7 Å². The van der Waals surface area contributed by atoms with E-state index in [0.717, 1.165) is 36.1 Å². The molecule has 1 aliphatic rings. The van der Waals surface area contributed by atoms with Crippen molar-refractivity contribution in [1.29, 1.82) is 0 Å². The summed E-state index contributed by atoms with van der Waals surface area (Å²) < 4.78 is 14.7. The van der Waals surface area contributed by atoms with Gasteiger partial charge >= 0.3 is 0 Å². The standard InChI is InChI=1S/C30H32ClFN2O2S/c31-24-14-16-26(17-15-24)37-19-18-29(35)34(21-23-10-4-7-13-27(23)32)28(20-22-8-2-1-3-9-22)30(36)33-25-11-5-6-12-25/h1-4,7-10,13-17,25,28H,5-6,11-12,18-21H2,(H,33,36)/t28-/m1/s1. The van der Waals surface area contributed by atoms with Gasteiger partial charge in [0, 0.05) is 46.7 Å². The van der Waals surface area contributed by atoms with Crippen LogP contribution in [-0.2, 0) is 22.6 Å². The van der Waals surface area contributed by atoms with Crippen molar-refractivity contribution < 1.29 is 14.0 Å². The summed E-state index contributed by atoms with van der Waals surface area (Å²) >= 11 is 7.53. The van der Waals surface area contributed by atoms with E-state index in [1.165, 1.54) is 6.07 Å². The highest BCUT2D eigenvalue weighted by Gasteiger charge is 2.32. The van der Waals surface area contributed by atoms with Gasteiger partial charge in [0.1, 0.15) is 11.9 Å². The summed E-state index contributed by atoms with van der Waals surface area (Å²) in [5.41, 5.74) is 1.35. The van der Waals surface area contributed by atoms with Gasteiger partial charge in [-0.3, -0.25) is 9.59 Å². The topological polar surface area (TPSA) is 49.4 Å². The maximum Gasteiger partial charge on any atom is 0.243 e. The smallest absolute Gasteiger partial charge is 0.243 e. The lowest BCUT2D eigenvalue weighted by Gasteiger charge is -2.32. The monoisotopic (exact) mass is 538 g/mol. The van der Waals surface area contributed by atoms with Gasteiger partial charge in [0.25, 0.3) is 0 Å². The number of carbonyl (C=O) groups is 2. The molecular weight excluding hydrogens is 507 g/mol. The Bertz CT molecular complexity index is 1170. The first-order valence-corrected chi connectivity index (χ1v) is 14.1. The summed E-state index contributed by atoms with van der Waals surface area (Å²) in [5, 5.41) is 3.84. The van der Waals surface area contributed by atoms with Crippen molar-refractivity contribution in [2.45, 2.75) is 62.0 Å². The van der Waals surface area contributed by atoms with Crippen molar-refractivity contribution in [3.8, 4) is 0 Å². The molecule has 37 heavy (non-hydrogen) atoms. The SMILES string of the molecule is O=C(NC1CCCC1)[C@@H](Cc1ccccc1)N(Cc1ccccc1F)C(=O)CCSc1ccc(Cl)cc1. The minimum Gasteiger partial charge on any atom is -0.352 e. The molecule has 194 valence electrons. The van der Waals surface area contributed by atoms with Gasteiger partial charge in [-0.15, -0.1) is 11.8 Å². The number of halogens is 2. The molecule has 3 aromatic carbocycles. The fraction of sp³-hybridized carbons (Fsp3) is 0.333. The van der Waals surface area contributed by atoms with Crippen LogP contribution in [0.25, 0.3) is 0 Å². The summed E-state index contributed by atoms with van der Waals surface area (Å²) in [6.07, 6.45) is 4.67. The van der Waals surface area contributed by atoms with Crippen LogP contribution in [0.2, 0.25) is 5.02 Å². The summed E-state index contributed by atoms with van der Waals surface area (Å²) in [7, 11) is 0. The molecule has 0 aliphatic heterocycles. The third-order valence-electron chi connectivity index (χ3n) is 6.67. The lowest BCUT2D eigenvalue weighted by Crippen LogP contribution is -2.52. The van der Waals surface area contributed by atoms with E-state index in [1.807, 2.05) is 54.6 Å². The predicted octanol–water partition coefficient (Wildman–Crippen LogP) is 6.66. The molecule has 0 heterocycles. The zero-order valence-electron chi connectivity index (χ0n) is 20.7. The fourth-order valence-corrected chi connectivity index (χ4v) is 5.63. The third-order valence-corrected chi connectivity index (χ3v) is 7.94. The number of nitrogens with zero attached hydrogens (tertiary/aromatic N) is 1. The zero-order chi connectivity index (χ0) is 26.0. The van der Waals surface area contributed by atoms with Crippen LogP contribution in [0.1, 0.15) is 43.2 Å². The largest absolute Gasteiger partial charge is 0.352 e. The highest BCUT2D eigenvalue weighted by atomic mass is 35.5. The lowest BCUT2D eigenvalue weighted by molar-refractivity contribution is -0.141. The highest BCUT2D eigenvalue weighted by molar-refractivity contribution is 7.99. The van der Waals surface area contributed by atoms with Crippen LogP contribution in [-0.4, -0.2) is 34.6 Å².